The summed E-state index contributed by atoms with van der Waals surface area (Å²) >= 11 is 0. The molecule has 33 heavy (non-hydrogen) atoms. The van der Waals surface area contributed by atoms with E-state index in [4.69, 9.17) is 9.47 Å². The van der Waals surface area contributed by atoms with Gasteiger partial charge in [-0.15, -0.1) is 0 Å². The number of aromatic amines is 1. The molecule has 1 aromatic carbocycles. The topological polar surface area (TPSA) is 109 Å². The lowest BCUT2D eigenvalue weighted by Gasteiger charge is -2.15. The second-order valence-electron chi connectivity index (χ2n) is 7.23. The average molecular weight is 448 g/mol. The van der Waals surface area contributed by atoms with Crippen LogP contribution in [-0.4, -0.2) is 40.6 Å². The predicted octanol–water partition coefficient (Wildman–Crippen LogP) is 3.96. The Kier molecular flexibility index (Phi) is 6.21. The summed E-state index contributed by atoms with van der Waals surface area (Å²) in [6.07, 6.45) is 10.1. The van der Waals surface area contributed by atoms with E-state index in [0.29, 0.717) is 39.4 Å². The number of methoxy groups -OCH3 is 1. The molecule has 0 atom stereocenters. The Balaban J connectivity index is 1.57. The molecule has 0 fully saturated rings. The van der Waals surface area contributed by atoms with Crippen molar-refractivity contribution in [1.82, 2.24) is 15.3 Å². The Morgan fingerprint density at radius 3 is 2.85 bits per heavy atom. The van der Waals surface area contributed by atoms with Crippen molar-refractivity contribution in [2.24, 2.45) is 4.99 Å². The third kappa shape index (κ3) is 4.93. The van der Waals surface area contributed by atoms with Crippen LogP contribution < -0.4 is 14.8 Å². The van der Waals surface area contributed by atoms with E-state index in [1.165, 1.54) is 25.4 Å². The Bertz CT molecular complexity index is 1320. The normalized spacial score (nSPS) is 15.2. The van der Waals surface area contributed by atoms with E-state index in [2.05, 4.69) is 26.9 Å². The number of benzene rings is 1. The zero-order valence-corrected chi connectivity index (χ0v) is 17.8. The van der Waals surface area contributed by atoms with Gasteiger partial charge in [-0.1, -0.05) is 12.7 Å². The van der Waals surface area contributed by atoms with Gasteiger partial charge in [-0.3, -0.25) is 0 Å². The van der Waals surface area contributed by atoms with E-state index < -0.39 is 11.8 Å². The molecule has 0 radical (unpaired) electrons. The number of carboxylic acid groups (broad SMARTS) is 1. The first-order valence-corrected chi connectivity index (χ1v) is 9.99. The van der Waals surface area contributed by atoms with Crippen LogP contribution in [0.25, 0.3) is 11.0 Å². The number of fused-ring (bicyclic) bond motifs is 1. The molecule has 1 aliphatic heterocycles. The van der Waals surface area contributed by atoms with Gasteiger partial charge in [0.2, 0.25) is 0 Å². The monoisotopic (exact) mass is 448 g/mol. The SMILES string of the molecule is C=C1/C=C\C=C/N=C(COc2cc(F)c(Cc3c[nH]c4ncc(C(=O)O)cc34)cc2OC)N1. The van der Waals surface area contributed by atoms with Crippen LogP contribution in [0.5, 0.6) is 11.5 Å². The number of hydrogen-bond acceptors (Lipinski definition) is 6. The van der Waals surface area contributed by atoms with Gasteiger partial charge >= 0.3 is 5.97 Å². The molecule has 0 saturated heterocycles. The first kappa shape index (κ1) is 21.8. The Morgan fingerprint density at radius 2 is 2.06 bits per heavy atom. The van der Waals surface area contributed by atoms with Crippen molar-refractivity contribution >= 4 is 22.8 Å². The van der Waals surface area contributed by atoms with Crippen LogP contribution in [0.4, 0.5) is 4.39 Å². The number of H-pyrrole nitrogens is 1. The molecule has 0 saturated carbocycles. The summed E-state index contributed by atoms with van der Waals surface area (Å²) in [7, 11) is 1.47. The number of nitrogens with zero attached hydrogens (tertiary/aromatic N) is 2. The summed E-state index contributed by atoms with van der Waals surface area (Å²) < 4.78 is 26.1. The lowest BCUT2D eigenvalue weighted by atomic mass is 10.0. The molecule has 4 rings (SSSR count). The molecular weight excluding hydrogens is 427 g/mol. The maximum Gasteiger partial charge on any atom is 0.337 e. The maximum atomic E-state index is 15.0. The van der Waals surface area contributed by atoms with Crippen LogP contribution in [0, 0.1) is 5.82 Å². The van der Waals surface area contributed by atoms with E-state index in [-0.39, 0.29) is 24.3 Å². The minimum absolute atomic E-state index is 0.0540. The Hall–Kier alpha value is -4.40. The highest BCUT2D eigenvalue weighted by Crippen LogP contribution is 2.32. The molecule has 1 aliphatic rings. The molecule has 168 valence electrons. The molecule has 0 unspecified atom stereocenters. The number of allylic oxidation sites excluding steroid dienone is 3. The van der Waals surface area contributed by atoms with Gasteiger partial charge in [0.05, 0.1) is 12.7 Å². The second kappa shape index (κ2) is 9.39. The highest BCUT2D eigenvalue weighted by Gasteiger charge is 2.16. The van der Waals surface area contributed by atoms with Crippen molar-refractivity contribution in [3.05, 3.63) is 89.8 Å². The van der Waals surface area contributed by atoms with Gasteiger partial charge in [-0.2, -0.15) is 0 Å². The highest BCUT2D eigenvalue weighted by atomic mass is 19.1. The summed E-state index contributed by atoms with van der Waals surface area (Å²) in [6.45, 7) is 3.91. The number of aromatic nitrogens is 2. The summed E-state index contributed by atoms with van der Waals surface area (Å²) in [5.74, 6) is -0.472. The van der Waals surface area contributed by atoms with Gasteiger partial charge in [0.1, 0.15) is 23.9 Å². The fourth-order valence-electron chi connectivity index (χ4n) is 3.34. The number of ether oxygens (including phenoxy) is 2. The minimum atomic E-state index is -1.08. The molecular formula is C24H21FN4O4. The van der Waals surface area contributed by atoms with E-state index in [0.717, 1.165) is 0 Å². The lowest BCUT2D eigenvalue weighted by molar-refractivity contribution is 0.0696. The number of pyridine rings is 1. The van der Waals surface area contributed by atoms with Crippen molar-refractivity contribution in [2.45, 2.75) is 6.42 Å². The summed E-state index contributed by atoms with van der Waals surface area (Å²) in [5.41, 5.74) is 2.31. The molecule has 3 aromatic rings. The third-order valence-electron chi connectivity index (χ3n) is 4.97. The number of nitrogens with one attached hydrogen (secondary N) is 2. The number of aliphatic imine (C=N–C) groups is 1. The molecule has 3 heterocycles. The smallest absolute Gasteiger partial charge is 0.337 e. The first-order chi connectivity index (χ1) is 15.9. The van der Waals surface area contributed by atoms with Gasteiger partial charge in [0, 0.05) is 42.2 Å². The Morgan fingerprint density at radius 1 is 1.21 bits per heavy atom. The maximum absolute atomic E-state index is 15.0. The molecule has 0 amide bonds. The van der Waals surface area contributed by atoms with Gasteiger partial charge in [-0.05, 0) is 35.4 Å². The summed E-state index contributed by atoms with van der Waals surface area (Å²) in [5, 5.41) is 12.9. The average Bonchev–Trinajstić information content (AvgIpc) is 3.18. The van der Waals surface area contributed by atoms with Gasteiger partial charge < -0.3 is 24.9 Å². The number of carboxylic acids is 1. The molecule has 0 bridgehead atoms. The van der Waals surface area contributed by atoms with Crippen LogP contribution >= 0.6 is 0 Å². The highest BCUT2D eigenvalue weighted by molar-refractivity contribution is 5.93. The van der Waals surface area contributed by atoms with Crippen LogP contribution in [0.3, 0.4) is 0 Å². The second-order valence-corrected chi connectivity index (χ2v) is 7.23. The minimum Gasteiger partial charge on any atom is -0.493 e. The zero-order valence-electron chi connectivity index (χ0n) is 17.8. The number of carbonyl (C=O) groups is 1. The number of aromatic carboxylic acids is 1. The van der Waals surface area contributed by atoms with Crippen LogP contribution in [0.1, 0.15) is 21.5 Å². The van der Waals surface area contributed by atoms with Crippen molar-refractivity contribution < 1.29 is 23.8 Å². The van der Waals surface area contributed by atoms with Crippen LogP contribution in [0.2, 0.25) is 0 Å². The molecule has 2 aromatic heterocycles. The molecule has 3 N–H and O–H groups in total. The van der Waals surface area contributed by atoms with Crippen LogP contribution in [-0.2, 0) is 6.42 Å². The number of rotatable bonds is 7. The van der Waals surface area contributed by atoms with Crippen molar-refractivity contribution in [1.29, 1.82) is 0 Å². The van der Waals surface area contributed by atoms with E-state index >= 15 is 0 Å². The standard InChI is InChI=1S/C24H21FN4O4/c1-14-5-3-4-6-26-22(29-14)13-33-21-10-19(25)15(9-20(21)32-2)7-16-11-27-23-18(16)8-17(12-28-23)24(30)31/h3-6,8-12H,1,7,13H2,2H3,(H,26,29)(H,27,28)(H,30,31)/b5-3-,6-4-. The number of hydrogen-bond donors (Lipinski definition) is 3. The van der Waals surface area contributed by atoms with Gasteiger partial charge in [0.15, 0.2) is 11.5 Å². The van der Waals surface area contributed by atoms with Crippen molar-refractivity contribution in [3.8, 4) is 11.5 Å². The van der Waals surface area contributed by atoms with Crippen LogP contribution in [0.15, 0.2) is 72.3 Å². The first-order valence-electron chi connectivity index (χ1n) is 9.99. The van der Waals surface area contributed by atoms with Crippen molar-refractivity contribution in [3.63, 3.8) is 0 Å². The molecule has 0 aliphatic carbocycles. The van der Waals surface area contributed by atoms with E-state index in [1.807, 2.05) is 0 Å². The predicted molar refractivity (Wildman–Crippen MR) is 122 cm³/mol. The molecule has 0 spiro atoms. The largest absolute Gasteiger partial charge is 0.493 e. The Labute approximate surface area is 188 Å². The lowest BCUT2D eigenvalue weighted by Crippen LogP contribution is -2.28. The molecule has 9 heteroatoms. The van der Waals surface area contributed by atoms with E-state index in [9.17, 15) is 14.3 Å². The molecule has 8 nitrogen and oxygen atoms in total. The zero-order chi connectivity index (χ0) is 23.4. The fourth-order valence-corrected chi connectivity index (χ4v) is 3.34. The number of amidine groups is 1. The third-order valence-corrected chi connectivity index (χ3v) is 4.97. The quantitative estimate of drug-likeness (QED) is 0.505. The fraction of sp³-hybridized carbons (Fsp3) is 0.125. The number of halogens is 1. The van der Waals surface area contributed by atoms with Gasteiger partial charge in [-0.25, -0.2) is 19.2 Å². The van der Waals surface area contributed by atoms with E-state index in [1.54, 1.807) is 36.7 Å². The summed E-state index contributed by atoms with van der Waals surface area (Å²) in [4.78, 5) is 22.6. The van der Waals surface area contributed by atoms with Gasteiger partial charge in [0.25, 0.3) is 0 Å². The van der Waals surface area contributed by atoms with Crippen molar-refractivity contribution in [2.75, 3.05) is 13.7 Å². The summed E-state index contributed by atoms with van der Waals surface area (Å²) in [6, 6.07) is 4.34.